The van der Waals surface area contributed by atoms with E-state index in [1.165, 1.54) is 12.1 Å². The van der Waals surface area contributed by atoms with E-state index in [-0.39, 0.29) is 5.56 Å². The average Bonchev–Trinajstić information content (AvgIpc) is 2.51. The number of para-hydroxylation sites is 1. The van der Waals surface area contributed by atoms with Crippen molar-refractivity contribution in [3.63, 3.8) is 0 Å². The lowest BCUT2D eigenvalue weighted by atomic mass is 10.1. The van der Waals surface area contributed by atoms with Crippen LogP contribution in [0.3, 0.4) is 0 Å². The van der Waals surface area contributed by atoms with Gasteiger partial charge in [-0.1, -0.05) is 18.2 Å². The number of carboxylic acid groups (broad SMARTS) is 3. The van der Waals surface area contributed by atoms with E-state index in [0.717, 1.165) is 12.1 Å². The van der Waals surface area contributed by atoms with Crippen molar-refractivity contribution >= 4 is 29.7 Å². The Bertz CT molecular complexity index is 675. The highest BCUT2D eigenvalue weighted by molar-refractivity contribution is 5.86. The van der Waals surface area contributed by atoms with E-state index in [4.69, 9.17) is 20.5 Å². The van der Waals surface area contributed by atoms with Crippen LogP contribution in [0.15, 0.2) is 24.3 Å². The number of nitrogens with zero attached hydrogens (tertiary/aromatic N) is 1. The fraction of sp³-hybridized carbons (Fsp3) is 0.231. The number of aliphatic carboxylic acids is 3. The second-order valence-electron chi connectivity index (χ2n) is 4.59. The largest absolute Gasteiger partial charge is 0.733 e. The molecule has 1 unspecified atom stereocenters. The van der Waals surface area contributed by atoms with Gasteiger partial charge in [0.15, 0.2) is 0 Å². The zero-order chi connectivity index (χ0) is 19.1. The molecule has 0 aliphatic rings. The van der Waals surface area contributed by atoms with Crippen LogP contribution in [0, 0.1) is 5.21 Å². The molecule has 0 bridgehead atoms. The molecule has 0 aromatic heterocycles. The topological polar surface area (TPSA) is 197 Å². The normalized spacial score (nSPS) is 12.6. The van der Waals surface area contributed by atoms with E-state index in [0.29, 0.717) is 0 Å². The highest BCUT2D eigenvalue weighted by Gasteiger charge is 2.30. The van der Waals surface area contributed by atoms with Crippen LogP contribution >= 0.6 is 0 Å². The highest BCUT2D eigenvalue weighted by atomic mass is 16.8. The van der Waals surface area contributed by atoms with E-state index in [9.17, 15) is 24.4 Å². The van der Waals surface area contributed by atoms with Crippen LogP contribution in [0.1, 0.15) is 18.1 Å². The van der Waals surface area contributed by atoms with Gasteiger partial charge in [-0.3, -0.25) is 10.0 Å². The third-order valence-electron chi connectivity index (χ3n) is 2.84. The molecule has 1 amide bonds. The Labute approximate surface area is 139 Å². The Kier molecular flexibility index (Phi) is 6.66. The van der Waals surface area contributed by atoms with Crippen molar-refractivity contribution in [3.05, 3.63) is 35.0 Å². The summed E-state index contributed by atoms with van der Waals surface area (Å²) in [6.07, 6.45) is -4.56. The minimum absolute atomic E-state index is 0.382. The molecule has 2 atom stereocenters. The maximum atomic E-state index is 11.7. The molecule has 5 N–H and O–H groups in total. The van der Waals surface area contributed by atoms with Gasteiger partial charge in [-0.15, -0.1) is 0 Å². The van der Waals surface area contributed by atoms with E-state index >= 15 is 0 Å². The van der Waals surface area contributed by atoms with Gasteiger partial charge >= 0.3 is 24.0 Å². The van der Waals surface area contributed by atoms with E-state index in [2.05, 4.69) is 4.74 Å². The summed E-state index contributed by atoms with van der Waals surface area (Å²) in [6.45, 7) is 0. The van der Waals surface area contributed by atoms with Gasteiger partial charge in [-0.05, 0) is 6.07 Å². The summed E-state index contributed by atoms with van der Waals surface area (Å²) in [5.74, 6) is -4.91. The molecule has 0 spiro atoms. The third kappa shape index (κ3) is 5.63. The molecule has 0 fully saturated rings. The number of hydrogen-bond donors (Lipinski definition) is 5. The summed E-state index contributed by atoms with van der Waals surface area (Å²) < 4.78 is 4.57. The number of alkyl carbamates (subject to hydrolysis) is 1. The fourth-order valence-corrected chi connectivity index (χ4v) is 1.79. The monoisotopic (exact) mass is 357 g/mol. The van der Waals surface area contributed by atoms with Gasteiger partial charge in [0.2, 0.25) is 6.10 Å². The molecule has 136 valence electrons. The van der Waals surface area contributed by atoms with Gasteiger partial charge in [0, 0.05) is 5.56 Å². The van der Waals surface area contributed by atoms with E-state index in [1.807, 2.05) is 0 Å². The van der Waals surface area contributed by atoms with Gasteiger partial charge in [0.25, 0.3) is 0 Å². The molecule has 0 heterocycles. The molecule has 1 rings (SSSR count). The average molecular weight is 357 g/mol. The van der Waals surface area contributed by atoms with Crippen LogP contribution in [0.25, 0.3) is 0 Å². The molecule has 0 radical (unpaired) electrons. The predicted molar refractivity (Wildman–Crippen MR) is 77.7 cm³/mol. The molecular formula is C13H13N2O10-. The summed E-state index contributed by atoms with van der Waals surface area (Å²) in [4.78, 5) is 44.4. The summed E-state index contributed by atoms with van der Waals surface area (Å²) in [6, 6.07) is 2.91. The Balaban J connectivity index is 2.99. The van der Waals surface area contributed by atoms with Crippen LogP contribution in [-0.2, 0) is 19.1 Å². The number of amides is 1. The second kappa shape index (κ2) is 8.47. The summed E-state index contributed by atoms with van der Waals surface area (Å²) in [7, 11) is 0. The van der Waals surface area contributed by atoms with Gasteiger partial charge in [-0.25, -0.2) is 14.4 Å². The van der Waals surface area contributed by atoms with Crippen molar-refractivity contribution in [2.24, 2.45) is 0 Å². The number of rotatable bonds is 8. The maximum absolute atomic E-state index is 11.7. The van der Waals surface area contributed by atoms with Crippen LogP contribution in [0.2, 0.25) is 0 Å². The zero-order valence-electron chi connectivity index (χ0n) is 12.4. The summed E-state index contributed by atoms with van der Waals surface area (Å²) in [5.41, 5.74) is -0.893. The standard InChI is InChI=1S/C13H13N2O10/c16-9(17)5-7(11(18)19)14-13(22)25-10(12(20)21)6-3-1-2-4-8(6)15(23)24/h1-4,7,10,23H,5H2,(H,14,22)(H,16,17)(H,18,19)(H,20,21)/q-1/t7-,10?/m1/s1. The molecule has 1 aromatic carbocycles. The molecule has 0 aliphatic heterocycles. The molecule has 1 aromatic rings. The van der Waals surface area contributed by atoms with Crippen molar-refractivity contribution in [2.45, 2.75) is 18.6 Å². The lowest BCUT2D eigenvalue weighted by Crippen LogP contribution is -2.43. The molecule has 12 heteroatoms. The van der Waals surface area contributed by atoms with Crippen molar-refractivity contribution in [2.75, 3.05) is 5.23 Å². The zero-order valence-corrected chi connectivity index (χ0v) is 12.4. The lowest BCUT2D eigenvalue weighted by Gasteiger charge is -2.26. The number of nitrogens with one attached hydrogen (secondary N) is 1. The summed E-state index contributed by atoms with van der Waals surface area (Å²) in [5, 5.41) is 47.6. The highest BCUT2D eigenvalue weighted by Crippen LogP contribution is 2.28. The molecule has 25 heavy (non-hydrogen) atoms. The van der Waals surface area contributed by atoms with Gasteiger partial charge in [-0.2, -0.15) is 0 Å². The number of ether oxygens (including phenoxy) is 1. The number of anilines is 1. The minimum atomic E-state index is -2.06. The molecule has 12 nitrogen and oxygen atoms in total. The Hall–Kier alpha value is -3.38. The Morgan fingerprint density at radius 3 is 2.20 bits per heavy atom. The van der Waals surface area contributed by atoms with Crippen molar-refractivity contribution < 1.29 is 44.4 Å². The molecule has 0 saturated carbocycles. The second-order valence-corrected chi connectivity index (χ2v) is 4.59. The van der Waals surface area contributed by atoms with Gasteiger partial charge in [0.05, 0.1) is 12.1 Å². The minimum Gasteiger partial charge on any atom is -0.733 e. The SMILES string of the molecule is O=C(O)C[C@@H](NC(=O)OC(C(=O)O)c1ccccc1N([O-])O)C(=O)O. The first-order valence-electron chi connectivity index (χ1n) is 6.53. The third-order valence-corrected chi connectivity index (χ3v) is 2.84. The number of carbonyl (C=O) groups excluding carboxylic acids is 1. The first-order chi connectivity index (χ1) is 11.6. The Morgan fingerprint density at radius 2 is 1.72 bits per heavy atom. The quantitative estimate of drug-likeness (QED) is 0.397. The lowest BCUT2D eigenvalue weighted by molar-refractivity contribution is -0.148. The molecule has 0 saturated heterocycles. The molecular weight excluding hydrogens is 344 g/mol. The number of carbonyl (C=O) groups is 4. The maximum Gasteiger partial charge on any atom is 0.409 e. The van der Waals surface area contributed by atoms with E-state index in [1.54, 1.807) is 5.32 Å². The van der Waals surface area contributed by atoms with Crippen LogP contribution in [0.5, 0.6) is 0 Å². The van der Waals surface area contributed by atoms with E-state index < -0.39 is 53.5 Å². The summed E-state index contributed by atoms with van der Waals surface area (Å²) >= 11 is 0. The fourth-order valence-electron chi connectivity index (χ4n) is 1.79. The van der Waals surface area contributed by atoms with Crippen LogP contribution in [-0.4, -0.2) is 50.6 Å². The van der Waals surface area contributed by atoms with Crippen LogP contribution < -0.4 is 10.5 Å². The van der Waals surface area contributed by atoms with Crippen molar-refractivity contribution in [3.8, 4) is 0 Å². The number of carboxylic acids is 3. The number of benzene rings is 1. The smallest absolute Gasteiger partial charge is 0.409 e. The molecule has 0 aliphatic carbocycles. The first kappa shape index (κ1) is 19.7. The van der Waals surface area contributed by atoms with Crippen molar-refractivity contribution in [1.82, 2.24) is 5.32 Å². The van der Waals surface area contributed by atoms with Gasteiger partial charge in [0.1, 0.15) is 6.04 Å². The Morgan fingerprint density at radius 1 is 1.12 bits per heavy atom. The predicted octanol–water partition coefficient (Wildman–Crippen LogP) is 0.160. The number of hydrogen-bond acceptors (Lipinski definition) is 8. The first-order valence-corrected chi connectivity index (χ1v) is 6.53. The van der Waals surface area contributed by atoms with Crippen LogP contribution in [0.4, 0.5) is 10.5 Å². The van der Waals surface area contributed by atoms with Gasteiger partial charge < -0.3 is 35.8 Å². The van der Waals surface area contributed by atoms with Crippen molar-refractivity contribution in [1.29, 1.82) is 0 Å².